The van der Waals surface area contributed by atoms with Crippen LogP contribution < -0.4 is 15.5 Å². The van der Waals surface area contributed by atoms with Crippen molar-refractivity contribution in [2.75, 3.05) is 6.54 Å². The first-order valence-corrected chi connectivity index (χ1v) is 15.9. The number of rotatable bonds is 10. The summed E-state index contributed by atoms with van der Waals surface area (Å²) in [6.45, 7) is 2.96. The third-order valence-electron chi connectivity index (χ3n) is 7.92. The highest BCUT2D eigenvalue weighted by Gasteiger charge is 2.31. The SMILES string of the molecule is CC1=C(CC(=O)NCc2cc(Cl)ccc2CNC2CCCC2)C(=O)N(NS(=O)(=O)c2cccc3ccccc23)CC1. The highest BCUT2D eigenvalue weighted by atomic mass is 35.5. The van der Waals surface area contributed by atoms with Crippen molar-refractivity contribution in [3.8, 4) is 0 Å². The first kappa shape index (κ1) is 29.3. The Morgan fingerprint density at radius 2 is 1.76 bits per heavy atom. The molecule has 3 aromatic carbocycles. The number of halogens is 1. The quantitative estimate of drug-likeness (QED) is 0.307. The summed E-state index contributed by atoms with van der Waals surface area (Å²) in [4.78, 5) is 28.9. The number of fused-ring (bicyclic) bond motifs is 1. The molecule has 3 N–H and O–H groups in total. The van der Waals surface area contributed by atoms with Crippen LogP contribution in [0.15, 0.2) is 76.7 Å². The Hall–Kier alpha value is -3.24. The summed E-state index contributed by atoms with van der Waals surface area (Å²) in [5.74, 6) is -0.835. The molecule has 41 heavy (non-hydrogen) atoms. The zero-order chi connectivity index (χ0) is 29.0. The summed E-state index contributed by atoms with van der Waals surface area (Å²) in [5.41, 5.74) is 3.06. The molecule has 0 radical (unpaired) electrons. The van der Waals surface area contributed by atoms with Crippen LogP contribution in [0.4, 0.5) is 0 Å². The van der Waals surface area contributed by atoms with Crippen LogP contribution in [0.25, 0.3) is 10.8 Å². The van der Waals surface area contributed by atoms with Gasteiger partial charge in [0.05, 0.1) is 11.3 Å². The molecule has 1 aliphatic heterocycles. The lowest BCUT2D eigenvalue weighted by Gasteiger charge is -2.29. The van der Waals surface area contributed by atoms with E-state index in [1.165, 1.54) is 31.7 Å². The highest BCUT2D eigenvalue weighted by Crippen LogP contribution is 2.26. The van der Waals surface area contributed by atoms with Crippen molar-refractivity contribution in [2.24, 2.45) is 0 Å². The standard InChI is InChI=1S/C31H35ClN4O4S/c1-21-15-16-36(35-41(39,40)29-12-6-8-22-7-2-5-11-27(22)29)31(38)28(21)18-30(37)34-20-24-17-25(32)14-13-23(24)19-33-26-9-3-4-10-26/h2,5-8,11-14,17,26,33,35H,3-4,9-10,15-16,18-20H2,1H3,(H,34,37). The van der Waals surface area contributed by atoms with Crippen LogP contribution in [0.5, 0.6) is 0 Å². The first-order chi connectivity index (χ1) is 19.7. The third-order valence-corrected chi connectivity index (χ3v) is 9.55. The Morgan fingerprint density at radius 3 is 2.56 bits per heavy atom. The average molecular weight is 595 g/mol. The second-order valence-electron chi connectivity index (χ2n) is 10.8. The predicted octanol–water partition coefficient (Wildman–Crippen LogP) is 4.97. The smallest absolute Gasteiger partial charge is 0.265 e. The lowest BCUT2D eigenvalue weighted by Crippen LogP contribution is -2.49. The summed E-state index contributed by atoms with van der Waals surface area (Å²) in [6, 6.07) is 18.4. The molecule has 1 saturated carbocycles. The van der Waals surface area contributed by atoms with Crippen molar-refractivity contribution in [1.29, 1.82) is 0 Å². The first-order valence-electron chi connectivity index (χ1n) is 14.0. The lowest BCUT2D eigenvalue weighted by molar-refractivity contribution is -0.131. The van der Waals surface area contributed by atoms with Gasteiger partial charge in [0.25, 0.3) is 15.9 Å². The molecule has 2 amide bonds. The summed E-state index contributed by atoms with van der Waals surface area (Å²) in [5, 5.41) is 9.56. The zero-order valence-corrected chi connectivity index (χ0v) is 24.7. The van der Waals surface area contributed by atoms with E-state index in [1.807, 2.05) is 36.4 Å². The van der Waals surface area contributed by atoms with E-state index < -0.39 is 15.9 Å². The monoisotopic (exact) mass is 594 g/mol. The van der Waals surface area contributed by atoms with Gasteiger partial charge >= 0.3 is 0 Å². The number of nitrogens with one attached hydrogen (secondary N) is 3. The van der Waals surface area contributed by atoms with Gasteiger partial charge in [0.2, 0.25) is 5.91 Å². The van der Waals surface area contributed by atoms with Gasteiger partial charge in [0.1, 0.15) is 0 Å². The Balaban J connectivity index is 1.23. The molecular formula is C31H35ClN4O4S. The van der Waals surface area contributed by atoms with E-state index in [4.69, 9.17) is 11.6 Å². The molecule has 0 bridgehead atoms. The molecule has 0 aromatic heterocycles. The molecule has 3 aromatic rings. The summed E-state index contributed by atoms with van der Waals surface area (Å²) >= 11 is 6.25. The van der Waals surface area contributed by atoms with Crippen LogP contribution in [-0.2, 0) is 32.7 Å². The van der Waals surface area contributed by atoms with E-state index >= 15 is 0 Å². The fourth-order valence-corrected chi connectivity index (χ4v) is 7.04. The molecule has 2 aliphatic rings. The minimum atomic E-state index is -4.04. The second kappa shape index (κ2) is 12.7. The number of nitrogens with zero attached hydrogens (tertiary/aromatic N) is 1. The molecule has 1 aliphatic carbocycles. The van der Waals surface area contributed by atoms with Gasteiger partial charge in [-0.1, -0.05) is 72.5 Å². The number of amides is 2. The van der Waals surface area contributed by atoms with E-state index in [0.29, 0.717) is 35.0 Å². The van der Waals surface area contributed by atoms with Gasteiger partial charge in [-0.3, -0.25) is 14.6 Å². The van der Waals surface area contributed by atoms with Gasteiger partial charge in [-0.15, -0.1) is 4.83 Å². The third kappa shape index (κ3) is 6.98. The molecule has 0 saturated heterocycles. The maximum absolute atomic E-state index is 13.4. The van der Waals surface area contributed by atoms with Gasteiger partial charge in [-0.05, 0) is 60.9 Å². The van der Waals surface area contributed by atoms with Crippen molar-refractivity contribution in [1.82, 2.24) is 20.5 Å². The van der Waals surface area contributed by atoms with Crippen LogP contribution >= 0.6 is 11.6 Å². The molecule has 216 valence electrons. The van der Waals surface area contributed by atoms with Crippen molar-refractivity contribution >= 4 is 44.2 Å². The van der Waals surface area contributed by atoms with Crippen LogP contribution in [0.3, 0.4) is 0 Å². The largest absolute Gasteiger partial charge is 0.352 e. The van der Waals surface area contributed by atoms with E-state index in [9.17, 15) is 18.0 Å². The maximum atomic E-state index is 13.4. The molecule has 0 spiro atoms. The summed E-state index contributed by atoms with van der Waals surface area (Å²) < 4.78 is 26.6. The normalized spacial score (nSPS) is 16.5. The molecule has 5 rings (SSSR count). The number of sulfonamides is 1. The van der Waals surface area contributed by atoms with Gasteiger partial charge < -0.3 is 10.6 Å². The Labute approximate surface area is 246 Å². The Bertz CT molecular complexity index is 1590. The highest BCUT2D eigenvalue weighted by molar-refractivity contribution is 7.89. The Kier molecular flexibility index (Phi) is 9.09. The maximum Gasteiger partial charge on any atom is 0.265 e. The topological polar surface area (TPSA) is 108 Å². The number of hydrogen-bond acceptors (Lipinski definition) is 5. The van der Waals surface area contributed by atoms with E-state index in [2.05, 4.69) is 15.5 Å². The predicted molar refractivity (Wildman–Crippen MR) is 160 cm³/mol. The van der Waals surface area contributed by atoms with Crippen LogP contribution in [-0.4, -0.2) is 37.8 Å². The van der Waals surface area contributed by atoms with Gasteiger partial charge in [0, 0.05) is 41.7 Å². The number of hydrogen-bond donors (Lipinski definition) is 3. The summed E-state index contributed by atoms with van der Waals surface area (Å²) in [7, 11) is -4.04. The molecule has 0 atom stereocenters. The van der Waals surface area contributed by atoms with E-state index in [-0.39, 0.29) is 30.3 Å². The van der Waals surface area contributed by atoms with Crippen molar-refractivity contribution in [2.45, 2.75) is 69.5 Å². The van der Waals surface area contributed by atoms with Crippen LogP contribution in [0, 0.1) is 0 Å². The number of benzene rings is 3. The van der Waals surface area contributed by atoms with Gasteiger partial charge in [-0.2, -0.15) is 0 Å². The van der Waals surface area contributed by atoms with E-state index in [0.717, 1.165) is 27.1 Å². The molecule has 1 fully saturated rings. The fourth-order valence-electron chi connectivity index (χ4n) is 5.55. The van der Waals surface area contributed by atoms with Crippen molar-refractivity contribution < 1.29 is 18.0 Å². The van der Waals surface area contributed by atoms with Crippen molar-refractivity contribution in [3.63, 3.8) is 0 Å². The minimum absolute atomic E-state index is 0.0914. The zero-order valence-electron chi connectivity index (χ0n) is 23.1. The number of carbonyl (C=O) groups excluding carboxylic acids is 2. The molecule has 10 heteroatoms. The van der Waals surface area contributed by atoms with Crippen LogP contribution in [0.2, 0.25) is 5.02 Å². The van der Waals surface area contributed by atoms with Crippen molar-refractivity contribution in [3.05, 3.63) is 88.0 Å². The lowest BCUT2D eigenvalue weighted by atomic mass is 9.98. The molecular weight excluding hydrogens is 560 g/mol. The van der Waals surface area contributed by atoms with Gasteiger partial charge in [0.15, 0.2) is 0 Å². The number of hydrazine groups is 1. The minimum Gasteiger partial charge on any atom is -0.352 e. The average Bonchev–Trinajstić information content (AvgIpc) is 3.48. The molecule has 0 unspecified atom stereocenters. The Morgan fingerprint density at radius 1 is 1.00 bits per heavy atom. The molecule has 1 heterocycles. The molecule has 8 nitrogen and oxygen atoms in total. The van der Waals surface area contributed by atoms with Crippen LogP contribution in [0.1, 0.15) is 56.6 Å². The van der Waals surface area contributed by atoms with E-state index in [1.54, 1.807) is 25.1 Å². The second-order valence-corrected chi connectivity index (χ2v) is 12.8. The summed E-state index contributed by atoms with van der Waals surface area (Å²) in [6.07, 6.45) is 5.16. The number of carbonyl (C=O) groups is 2. The van der Waals surface area contributed by atoms with Gasteiger partial charge in [-0.25, -0.2) is 8.42 Å². The fraction of sp³-hybridized carbons (Fsp3) is 0.355.